The lowest BCUT2D eigenvalue weighted by molar-refractivity contribution is -0.157. The molecule has 1 amide bonds. The summed E-state index contributed by atoms with van der Waals surface area (Å²) in [4.78, 5) is 29.3. The van der Waals surface area contributed by atoms with E-state index in [-0.39, 0.29) is 5.41 Å². The molecule has 2 N–H and O–H groups in total. The number of carboxylic acid groups (broad SMARTS) is 1. The molecule has 44 heavy (non-hydrogen) atoms. The molecule has 0 aliphatic carbocycles. The quantitative estimate of drug-likeness (QED) is 0.263. The van der Waals surface area contributed by atoms with Crippen LogP contribution in [0.2, 0.25) is 5.02 Å². The average molecular weight is 621 g/mol. The highest BCUT2D eigenvalue weighted by Crippen LogP contribution is 2.49. The Kier molecular flexibility index (Phi) is 10.1. The van der Waals surface area contributed by atoms with Crippen LogP contribution in [0.1, 0.15) is 75.9 Å². The van der Waals surface area contributed by atoms with Gasteiger partial charge < -0.3 is 24.8 Å². The normalized spacial score (nSPS) is 21.2. The number of hydrogen-bond donors (Lipinski definition) is 2. The summed E-state index contributed by atoms with van der Waals surface area (Å²) in [5.41, 5.74) is 2.98. The Hall–Kier alpha value is -3.39. The van der Waals surface area contributed by atoms with E-state index < -0.39 is 47.4 Å². The maximum atomic E-state index is 14.6. The molecule has 3 aromatic carbocycles. The third-order valence-electron chi connectivity index (χ3n) is 8.60. The summed E-state index contributed by atoms with van der Waals surface area (Å²) in [5.74, 6) is -1.20. The van der Waals surface area contributed by atoms with E-state index in [1.807, 2.05) is 57.2 Å². The number of methoxy groups -OCH3 is 2. The fourth-order valence-corrected chi connectivity index (χ4v) is 6.72. The molecule has 3 aromatic rings. The van der Waals surface area contributed by atoms with Crippen molar-refractivity contribution in [1.82, 2.24) is 10.2 Å². The predicted octanol–water partition coefficient (Wildman–Crippen LogP) is 7.19. The van der Waals surface area contributed by atoms with Crippen LogP contribution in [-0.4, -0.2) is 48.2 Å². The van der Waals surface area contributed by atoms with Gasteiger partial charge in [0.15, 0.2) is 6.10 Å². The first-order chi connectivity index (χ1) is 20.7. The molecule has 5 atom stereocenters. The Labute approximate surface area is 266 Å². The highest BCUT2D eigenvalue weighted by atomic mass is 35.5. The Balaban J connectivity index is 1.87. The maximum Gasteiger partial charge on any atom is 0.326 e. The number of nitrogens with one attached hydrogen (secondary N) is 1. The van der Waals surface area contributed by atoms with Crippen molar-refractivity contribution in [3.8, 4) is 5.75 Å². The van der Waals surface area contributed by atoms with Crippen molar-refractivity contribution in [2.45, 2.75) is 77.7 Å². The van der Waals surface area contributed by atoms with Crippen LogP contribution in [0.4, 0.5) is 0 Å². The third kappa shape index (κ3) is 6.96. The molecule has 8 heteroatoms. The van der Waals surface area contributed by atoms with E-state index in [0.29, 0.717) is 17.1 Å². The van der Waals surface area contributed by atoms with Gasteiger partial charge in [-0.15, -0.1) is 0 Å². The van der Waals surface area contributed by atoms with E-state index in [0.717, 1.165) is 22.4 Å². The van der Waals surface area contributed by atoms with Gasteiger partial charge in [-0.05, 0) is 45.7 Å². The second-order valence-electron chi connectivity index (χ2n) is 13.6. The van der Waals surface area contributed by atoms with E-state index in [1.54, 1.807) is 31.4 Å². The first-order valence-electron chi connectivity index (χ1n) is 15.0. The second kappa shape index (κ2) is 13.3. The van der Waals surface area contributed by atoms with Crippen LogP contribution in [0.3, 0.4) is 0 Å². The molecule has 0 spiro atoms. The lowest BCUT2D eigenvalue weighted by Gasteiger charge is -2.35. The van der Waals surface area contributed by atoms with Gasteiger partial charge in [0.25, 0.3) is 5.91 Å². The number of benzene rings is 3. The second-order valence-corrected chi connectivity index (χ2v) is 14.1. The van der Waals surface area contributed by atoms with Gasteiger partial charge in [0.2, 0.25) is 0 Å². The molecule has 0 saturated carbocycles. The lowest BCUT2D eigenvalue weighted by atomic mass is 9.72. The smallest absolute Gasteiger partial charge is 0.326 e. The van der Waals surface area contributed by atoms with Crippen LogP contribution in [0.25, 0.3) is 0 Å². The monoisotopic (exact) mass is 620 g/mol. The number of likely N-dealkylation sites (tertiary alicyclic amines) is 1. The standard InChI is InChI=1S/C36H45ClN2O5/c1-35(2,3)25-17-18-27(43-7)24(19-25)21-38-29-28(36(4,5)6)31(34(41)42)39(30(29)22-13-10-9-11-14-22)33(40)32(44-8)23-15-12-16-26(37)20-23/h9-20,28-32,38H,21H2,1-8H3,(H,41,42)/t28-,29-,30-,31-,32+/m0/s1. The first-order valence-corrected chi connectivity index (χ1v) is 15.4. The van der Waals surface area contributed by atoms with Gasteiger partial charge in [-0.2, -0.15) is 0 Å². The van der Waals surface area contributed by atoms with Crippen molar-refractivity contribution in [2.24, 2.45) is 11.3 Å². The number of ether oxygens (including phenoxy) is 2. The molecule has 1 saturated heterocycles. The van der Waals surface area contributed by atoms with Gasteiger partial charge in [0, 0.05) is 36.2 Å². The Morgan fingerprint density at radius 3 is 2.18 bits per heavy atom. The molecule has 1 heterocycles. The summed E-state index contributed by atoms with van der Waals surface area (Å²) in [5, 5.41) is 15.0. The number of carbonyl (C=O) groups excluding carboxylic acids is 1. The zero-order valence-corrected chi connectivity index (χ0v) is 27.7. The van der Waals surface area contributed by atoms with Gasteiger partial charge in [-0.25, -0.2) is 4.79 Å². The highest BCUT2D eigenvalue weighted by molar-refractivity contribution is 6.30. The van der Waals surface area contributed by atoms with Crippen molar-refractivity contribution in [3.63, 3.8) is 0 Å². The molecule has 4 rings (SSSR count). The molecule has 236 valence electrons. The number of amides is 1. The summed E-state index contributed by atoms with van der Waals surface area (Å²) in [6.45, 7) is 13.0. The van der Waals surface area contributed by atoms with Crippen molar-refractivity contribution < 1.29 is 24.2 Å². The zero-order chi connectivity index (χ0) is 32.4. The Bertz CT molecular complexity index is 1460. The molecule has 0 aromatic heterocycles. The minimum atomic E-state index is -1.12. The van der Waals surface area contributed by atoms with Gasteiger partial charge in [0.1, 0.15) is 11.8 Å². The van der Waals surface area contributed by atoms with Crippen LogP contribution < -0.4 is 10.1 Å². The van der Waals surface area contributed by atoms with Gasteiger partial charge in [-0.1, -0.05) is 108 Å². The fraction of sp³-hybridized carbons (Fsp3) is 0.444. The largest absolute Gasteiger partial charge is 0.496 e. The van der Waals surface area contributed by atoms with Gasteiger partial charge in [-0.3, -0.25) is 4.79 Å². The van der Waals surface area contributed by atoms with Crippen molar-refractivity contribution in [1.29, 1.82) is 0 Å². The van der Waals surface area contributed by atoms with Gasteiger partial charge >= 0.3 is 5.97 Å². The number of rotatable bonds is 9. The summed E-state index contributed by atoms with van der Waals surface area (Å²) >= 11 is 6.29. The number of carbonyl (C=O) groups is 2. The van der Waals surface area contributed by atoms with Crippen LogP contribution >= 0.6 is 11.6 Å². The third-order valence-corrected chi connectivity index (χ3v) is 8.84. The minimum Gasteiger partial charge on any atom is -0.496 e. The molecule has 0 unspecified atom stereocenters. The summed E-state index contributed by atoms with van der Waals surface area (Å²) in [7, 11) is 3.11. The molecule has 0 bridgehead atoms. The van der Waals surface area contributed by atoms with E-state index in [9.17, 15) is 14.7 Å². The summed E-state index contributed by atoms with van der Waals surface area (Å²) in [6, 6.07) is 20.6. The maximum absolute atomic E-state index is 14.6. The van der Waals surface area contributed by atoms with E-state index in [4.69, 9.17) is 21.1 Å². The molecule has 1 fully saturated rings. The van der Waals surface area contributed by atoms with Crippen LogP contribution in [-0.2, 0) is 26.3 Å². The van der Waals surface area contributed by atoms with Crippen LogP contribution in [0.15, 0.2) is 72.8 Å². The first kappa shape index (κ1) is 33.5. The number of halogens is 1. The van der Waals surface area contributed by atoms with E-state index >= 15 is 0 Å². The summed E-state index contributed by atoms with van der Waals surface area (Å²) < 4.78 is 11.5. The number of nitrogens with zero attached hydrogens (tertiary/aromatic N) is 1. The van der Waals surface area contributed by atoms with Crippen molar-refractivity contribution >= 4 is 23.5 Å². The number of aliphatic carboxylic acids is 1. The SMILES string of the molecule is COc1ccc(C(C)(C)C)cc1CN[C@H]1[C@H](C(C)(C)C)[C@@H](C(=O)O)N(C(=O)[C@H](OC)c2cccc(Cl)c2)[C@H]1c1ccccc1. The van der Waals surface area contributed by atoms with Crippen LogP contribution in [0.5, 0.6) is 5.75 Å². The lowest BCUT2D eigenvalue weighted by Crippen LogP contribution is -2.49. The number of hydrogen-bond acceptors (Lipinski definition) is 5. The fourth-order valence-electron chi connectivity index (χ4n) is 6.52. The van der Waals surface area contributed by atoms with E-state index in [1.165, 1.54) is 12.0 Å². The van der Waals surface area contributed by atoms with Crippen LogP contribution in [0, 0.1) is 11.3 Å². The molecule has 1 aliphatic rings. The predicted molar refractivity (Wildman–Crippen MR) is 174 cm³/mol. The molecular weight excluding hydrogens is 576 g/mol. The highest BCUT2D eigenvalue weighted by Gasteiger charge is 2.58. The van der Waals surface area contributed by atoms with Crippen molar-refractivity contribution in [3.05, 3.63) is 100 Å². The molecule has 1 aliphatic heterocycles. The average Bonchev–Trinajstić information content (AvgIpc) is 3.32. The Morgan fingerprint density at radius 1 is 0.955 bits per heavy atom. The molecular formula is C36H45ClN2O5. The Morgan fingerprint density at radius 2 is 1.64 bits per heavy atom. The topological polar surface area (TPSA) is 88.1 Å². The van der Waals surface area contributed by atoms with Crippen molar-refractivity contribution in [2.75, 3.05) is 14.2 Å². The minimum absolute atomic E-state index is 0.0674. The molecule has 7 nitrogen and oxygen atoms in total. The summed E-state index contributed by atoms with van der Waals surface area (Å²) in [6.07, 6.45) is -1.04. The molecule has 0 radical (unpaired) electrons. The zero-order valence-electron chi connectivity index (χ0n) is 26.9. The van der Waals surface area contributed by atoms with Gasteiger partial charge in [0.05, 0.1) is 13.2 Å². The number of carboxylic acids is 1. The van der Waals surface area contributed by atoms with E-state index in [2.05, 4.69) is 38.2 Å².